The molecule has 5 heterocycles. The summed E-state index contributed by atoms with van der Waals surface area (Å²) < 4.78 is 9.62. The van der Waals surface area contributed by atoms with Crippen LogP contribution in [0.1, 0.15) is 44.5 Å². The number of para-hydroxylation sites is 5. The van der Waals surface area contributed by atoms with Crippen molar-refractivity contribution in [3.63, 3.8) is 0 Å². The summed E-state index contributed by atoms with van der Waals surface area (Å²) in [7, 11) is 0. The molecule has 6 nitrogen and oxygen atoms in total. The molecular formula is C106H62N6. The van der Waals surface area contributed by atoms with Crippen molar-refractivity contribution in [2.75, 3.05) is 0 Å². The summed E-state index contributed by atoms with van der Waals surface area (Å²) in [6.45, 7) is 0. The Morgan fingerprint density at radius 1 is 0.179 bits per heavy atom. The molecule has 0 unspecified atom stereocenters. The predicted octanol–water partition coefficient (Wildman–Crippen LogP) is 26.0. The maximum absolute atomic E-state index is 5.78. The second kappa shape index (κ2) is 22.0. The fraction of sp³-hybridized carbons (Fsp3) is 0.0189. The van der Waals surface area contributed by atoms with Crippen LogP contribution in [0.4, 0.5) is 0 Å². The van der Waals surface area contributed by atoms with Crippen LogP contribution in [0, 0.1) is 0 Å². The molecule has 26 rings (SSSR count). The minimum atomic E-state index is -0.444. The van der Waals surface area contributed by atoms with Crippen molar-refractivity contribution in [1.82, 2.24) is 28.2 Å². The largest absolute Gasteiger partial charge is 0.309 e. The van der Waals surface area contributed by atoms with Crippen molar-refractivity contribution < 1.29 is 0 Å². The van der Waals surface area contributed by atoms with Crippen molar-refractivity contribution >= 4 is 98.1 Å². The second-order valence-corrected chi connectivity index (χ2v) is 30.9. The molecule has 0 amide bonds. The lowest BCUT2D eigenvalue weighted by Crippen LogP contribution is -2.26. The number of nitrogens with zero attached hydrogens (tertiary/aromatic N) is 6. The number of hydrogen-bond donors (Lipinski definition) is 0. The first kappa shape index (κ1) is 60.3. The smallest absolute Gasteiger partial charge is 0.237 e. The Morgan fingerprint density at radius 3 is 0.812 bits per heavy atom. The normalized spacial score (nSPS) is 13.7. The summed E-state index contributed by atoms with van der Waals surface area (Å²) in [5.74, 6) is 1.43. The molecule has 0 N–H and O–H groups in total. The van der Waals surface area contributed by atoms with Crippen LogP contribution in [-0.4, -0.2) is 28.2 Å². The Bertz CT molecular complexity index is 7860. The van der Waals surface area contributed by atoms with Crippen molar-refractivity contribution in [3.8, 4) is 89.9 Å². The Labute approximate surface area is 643 Å². The number of fused-ring (bicyclic) bond motifs is 33. The third kappa shape index (κ3) is 7.67. The lowest BCUT2D eigenvalue weighted by molar-refractivity contribution is 0.792. The second-order valence-electron chi connectivity index (χ2n) is 30.9. The van der Waals surface area contributed by atoms with E-state index in [2.05, 4.69) is 394 Å². The van der Waals surface area contributed by atoms with Gasteiger partial charge in [0.2, 0.25) is 5.95 Å². The van der Waals surface area contributed by atoms with E-state index in [9.17, 15) is 0 Å². The first-order valence-electron chi connectivity index (χ1n) is 38.9. The summed E-state index contributed by atoms with van der Waals surface area (Å²) in [4.78, 5) is 11.3. The molecule has 4 aliphatic carbocycles. The standard InChI is InChI=1S/C106H62N6/c1-12-34-86-69(23-1)70-24-2-13-35-87(70)105(86)90-38-16-5-27-73(90)75-51-49-67(61-92(75)105)109-95-41-19-8-29-77(95)82-57-63(45-53-99(82)109)65-47-55-101-84(59-65)79-31-10-21-43-97(79)111(101)103-81-33-7-18-40-94(81)107-104(108-103)112-98-44-22-11-32-80(98)85-60-66(48-56-102(85)112)64-46-54-100-83(58-64)78-30-9-20-42-96(78)110(100)68-50-52-76-74-28-6-17-39-91(74)106(93(76)62-68)88-36-14-3-25-71(88)72-26-4-15-37-89(72)106/h1-62H. The SMILES string of the molecule is c1ccc2c(c1)-c1ccccc1C21c2ccccc2-c2ccc(-n3c4ccccc4c4cc(-c5ccc6c(c5)c5ccccc5n6-c5nc(-n6c7ccccc7c7cc(-c8ccc9c(c8)c8ccccc8n9-c8ccc9c(c8)C8(c%10ccccc%10-c%10ccccc%108)c8ccccc8-9)ccc76)c6ccccc6n5)ccc43)cc21. The van der Waals surface area contributed by atoms with E-state index < -0.39 is 10.8 Å². The van der Waals surface area contributed by atoms with Crippen molar-refractivity contribution in [3.05, 3.63) is 421 Å². The van der Waals surface area contributed by atoms with Gasteiger partial charge in [-0.3, -0.25) is 9.13 Å². The van der Waals surface area contributed by atoms with E-state index in [1.807, 2.05) is 0 Å². The molecule has 17 aromatic carbocycles. The van der Waals surface area contributed by atoms with E-state index in [-0.39, 0.29) is 0 Å². The molecule has 0 fully saturated rings. The molecule has 516 valence electrons. The van der Waals surface area contributed by atoms with Gasteiger partial charge >= 0.3 is 0 Å². The van der Waals surface area contributed by atoms with Gasteiger partial charge in [0, 0.05) is 59.9 Å². The predicted molar refractivity (Wildman–Crippen MR) is 460 cm³/mol. The Balaban J connectivity index is 0.583. The zero-order valence-electron chi connectivity index (χ0n) is 60.5. The van der Waals surface area contributed by atoms with Gasteiger partial charge in [0.05, 0.1) is 60.5 Å². The summed E-state index contributed by atoms with van der Waals surface area (Å²) in [5.41, 5.74) is 36.9. The maximum atomic E-state index is 5.78. The molecule has 112 heavy (non-hydrogen) atoms. The van der Waals surface area contributed by atoms with Crippen LogP contribution in [-0.2, 0) is 10.8 Å². The van der Waals surface area contributed by atoms with E-state index in [1.165, 1.54) is 133 Å². The van der Waals surface area contributed by atoms with E-state index in [1.54, 1.807) is 0 Å². The fourth-order valence-electron chi connectivity index (χ4n) is 21.4. The van der Waals surface area contributed by atoms with Gasteiger partial charge in [-0.2, -0.15) is 4.98 Å². The van der Waals surface area contributed by atoms with Crippen LogP contribution in [0.3, 0.4) is 0 Å². The third-order valence-electron chi connectivity index (χ3n) is 25.8. The first-order valence-corrected chi connectivity index (χ1v) is 38.9. The summed E-state index contributed by atoms with van der Waals surface area (Å²) in [6, 6.07) is 141. The van der Waals surface area contributed by atoms with Gasteiger partial charge in [-0.1, -0.05) is 267 Å². The topological polar surface area (TPSA) is 45.5 Å². The van der Waals surface area contributed by atoms with Crippen LogP contribution in [0.15, 0.2) is 376 Å². The molecule has 5 aromatic heterocycles. The molecule has 0 atom stereocenters. The van der Waals surface area contributed by atoms with Crippen LogP contribution >= 0.6 is 0 Å². The van der Waals surface area contributed by atoms with E-state index in [4.69, 9.17) is 9.97 Å². The molecule has 0 aliphatic heterocycles. The van der Waals surface area contributed by atoms with E-state index >= 15 is 0 Å². The summed E-state index contributed by atoms with van der Waals surface area (Å²) in [5, 5.41) is 10.4. The van der Waals surface area contributed by atoms with Gasteiger partial charge in [0.15, 0.2) is 5.82 Å². The Morgan fingerprint density at radius 2 is 0.446 bits per heavy atom. The highest BCUT2D eigenvalue weighted by molar-refractivity contribution is 6.16. The van der Waals surface area contributed by atoms with Crippen LogP contribution < -0.4 is 0 Å². The molecule has 4 aliphatic rings. The highest BCUT2D eigenvalue weighted by Gasteiger charge is 2.53. The fourth-order valence-corrected chi connectivity index (χ4v) is 21.4. The summed E-state index contributed by atoms with van der Waals surface area (Å²) in [6.07, 6.45) is 0. The molecule has 0 bridgehead atoms. The minimum Gasteiger partial charge on any atom is -0.309 e. The molecular weight excluding hydrogens is 1360 g/mol. The number of rotatable bonds is 6. The lowest BCUT2D eigenvalue weighted by Gasteiger charge is -2.30. The quantitative estimate of drug-likeness (QED) is 0.167. The van der Waals surface area contributed by atoms with Gasteiger partial charge in [-0.15, -0.1) is 0 Å². The van der Waals surface area contributed by atoms with Crippen LogP contribution in [0.2, 0.25) is 0 Å². The van der Waals surface area contributed by atoms with Gasteiger partial charge in [-0.25, -0.2) is 4.98 Å². The van der Waals surface area contributed by atoms with E-state index in [0.29, 0.717) is 5.95 Å². The summed E-state index contributed by atoms with van der Waals surface area (Å²) >= 11 is 0. The minimum absolute atomic E-state index is 0.444. The number of aromatic nitrogens is 6. The van der Waals surface area contributed by atoms with Gasteiger partial charge in [0.25, 0.3) is 0 Å². The molecule has 22 aromatic rings. The Kier molecular flexibility index (Phi) is 11.9. The monoisotopic (exact) mass is 1420 g/mol. The average Bonchev–Trinajstić information content (AvgIpc) is 1.51. The van der Waals surface area contributed by atoms with Crippen molar-refractivity contribution in [2.45, 2.75) is 10.8 Å². The molecule has 2 spiro atoms. The van der Waals surface area contributed by atoms with Crippen LogP contribution in [0.25, 0.3) is 188 Å². The Hall–Kier alpha value is -14.7. The van der Waals surface area contributed by atoms with E-state index in [0.717, 1.165) is 94.0 Å². The molecule has 0 saturated carbocycles. The zero-order chi connectivity index (χ0) is 72.8. The van der Waals surface area contributed by atoms with Gasteiger partial charge < -0.3 is 9.13 Å². The number of benzene rings is 17. The molecule has 0 radical (unpaired) electrons. The van der Waals surface area contributed by atoms with Gasteiger partial charge in [0.1, 0.15) is 0 Å². The number of hydrogen-bond acceptors (Lipinski definition) is 2. The highest BCUT2D eigenvalue weighted by atomic mass is 15.2. The maximum Gasteiger partial charge on any atom is 0.237 e. The van der Waals surface area contributed by atoms with Crippen LogP contribution in [0.5, 0.6) is 0 Å². The van der Waals surface area contributed by atoms with Crippen molar-refractivity contribution in [2.24, 2.45) is 0 Å². The zero-order valence-corrected chi connectivity index (χ0v) is 60.5. The van der Waals surface area contributed by atoms with Gasteiger partial charge in [-0.05, 0) is 220 Å². The molecule has 6 heteroatoms. The van der Waals surface area contributed by atoms with Crippen molar-refractivity contribution in [1.29, 1.82) is 0 Å². The third-order valence-corrected chi connectivity index (χ3v) is 25.8. The first-order chi connectivity index (χ1) is 55.6. The lowest BCUT2D eigenvalue weighted by atomic mass is 9.70. The molecule has 0 saturated heterocycles. The average molecular weight is 1420 g/mol. The highest BCUT2D eigenvalue weighted by Crippen LogP contribution is 2.65.